The van der Waals surface area contributed by atoms with Gasteiger partial charge in [0.15, 0.2) is 0 Å². The van der Waals surface area contributed by atoms with Gasteiger partial charge in [-0.3, -0.25) is 4.79 Å². The Kier molecular flexibility index (Phi) is 7.68. The van der Waals surface area contributed by atoms with Gasteiger partial charge in [0, 0.05) is 16.3 Å². The summed E-state index contributed by atoms with van der Waals surface area (Å²) in [4.78, 5) is 24.0. The van der Waals surface area contributed by atoms with Gasteiger partial charge in [-0.05, 0) is 60.7 Å². The lowest BCUT2D eigenvalue weighted by Gasteiger charge is -2.10. The van der Waals surface area contributed by atoms with Crippen LogP contribution in [0.5, 0.6) is 5.75 Å². The molecule has 0 radical (unpaired) electrons. The second-order valence-corrected chi connectivity index (χ2v) is 8.70. The fourth-order valence-electron chi connectivity index (χ4n) is 2.75. The first-order chi connectivity index (χ1) is 16.2. The molecule has 0 heterocycles. The average Bonchev–Trinajstić information content (AvgIpc) is 2.83. The largest absolute Gasteiger partial charge is 0.465 e. The second-order valence-electron chi connectivity index (χ2n) is 6.72. The van der Waals surface area contributed by atoms with Crippen LogP contribution in [0.25, 0.3) is 6.08 Å². The van der Waals surface area contributed by atoms with Gasteiger partial charge in [-0.2, -0.15) is 13.7 Å². The number of esters is 1. The Morgan fingerprint density at radius 1 is 1.00 bits per heavy atom. The number of anilines is 1. The van der Waals surface area contributed by atoms with Crippen LogP contribution in [0.3, 0.4) is 0 Å². The summed E-state index contributed by atoms with van der Waals surface area (Å²) in [5.41, 5.74) is 0.544. The number of nitrogens with zero attached hydrogens (tertiary/aromatic N) is 1. The van der Waals surface area contributed by atoms with E-state index in [0.717, 1.165) is 0 Å². The van der Waals surface area contributed by atoms with Gasteiger partial charge >= 0.3 is 16.1 Å². The highest BCUT2D eigenvalue weighted by Crippen LogP contribution is 2.26. The summed E-state index contributed by atoms with van der Waals surface area (Å²) >= 11 is 5.80. The number of hydrogen-bond acceptors (Lipinski definition) is 7. The van der Waals surface area contributed by atoms with E-state index in [4.69, 9.17) is 15.8 Å². The lowest BCUT2D eigenvalue weighted by Crippen LogP contribution is -2.14. The molecule has 172 valence electrons. The molecule has 0 aliphatic rings. The number of methoxy groups -OCH3 is 1. The fraction of sp³-hybridized carbons (Fsp3) is 0.0417. The molecule has 10 heteroatoms. The minimum Gasteiger partial charge on any atom is -0.465 e. The zero-order valence-electron chi connectivity index (χ0n) is 17.7. The number of amides is 1. The Hall–Kier alpha value is -4.13. The van der Waals surface area contributed by atoms with Crippen molar-refractivity contribution in [3.8, 4) is 11.8 Å². The number of para-hydroxylation sites is 1. The molecule has 8 nitrogen and oxygen atoms in total. The number of carbonyl (C=O) groups is 2. The van der Waals surface area contributed by atoms with Crippen LogP contribution in [0, 0.1) is 11.3 Å². The van der Waals surface area contributed by atoms with E-state index in [1.807, 2.05) is 0 Å². The van der Waals surface area contributed by atoms with E-state index in [9.17, 15) is 23.3 Å². The van der Waals surface area contributed by atoms with Crippen LogP contribution in [-0.2, 0) is 19.6 Å². The van der Waals surface area contributed by atoms with E-state index < -0.39 is 22.0 Å². The maximum atomic E-state index is 12.6. The fourth-order valence-corrected chi connectivity index (χ4v) is 3.83. The van der Waals surface area contributed by atoms with Gasteiger partial charge in [-0.15, -0.1) is 0 Å². The minimum atomic E-state index is -4.19. The molecule has 0 aliphatic heterocycles. The number of rotatable bonds is 7. The molecule has 0 fully saturated rings. The first-order valence-electron chi connectivity index (χ1n) is 9.64. The predicted molar refractivity (Wildman–Crippen MR) is 126 cm³/mol. The number of ether oxygens (including phenoxy) is 1. The maximum Gasteiger partial charge on any atom is 0.339 e. The van der Waals surface area contributed by atoms with Crippen LogP contribution < -0.4 is 9.50 Å². The molecule has 0 saturated carbocycles. The van der Waals surface area contributed by atoms with Gasteiger partial charge in [0.2, 0.25) is 0 Å². The molecule has 0 unspecified atom stereocenters. The highest BCUT2D eigenvalue weighted by molar-refractivity contribution is 7.87. The second kappa shape index (κ2) is 10.7. The summed E-state index contributed by atoms with van der Waals surface area (Å²) in [6.07, 6.45) is 1.21. The van der Waals surface area contributed by atoms with Gasteiger partial charge in [0.05, 0.1) is 12.7 Å². The zero-order chi connectivity index (χ0) is 24.7. The third kappa shape index (κ3) is 6.01. The van der Waals surface area contributed by atoms with Gasteiger partial charge < -0.3 is 14.2 Å². The first kappa shape index (κ1) is 24.5. The van der Waals surface area contributed by atoms with E-state index in [1.54, 1.807) is 18.2 Å². The first-order valence-corrected chi connectivity index (χ1v) is 11.4. The molecule has 1 N–H and O–H groups in total. The quantitative estimate of drug-likeness (QED) is 0.222. The predicted octanol–water partition coefficient (Wildman–Crippen LogP) is 4.44. The minimum absolute atomic E-state index is 0.0690. The molecule has 0 aromatic heterocycles. The van der Waals surface area contributed by atoms with Crippen molar-refractivity contribution in [2.75, 3.05) is 12.4 Å². The highest BCUT2D eigenvalue weighted by Gasteiger charge is 2.19. The van der Waals surface area contributed by atoms with Crippen molar-refractivity contribution in [1.82, 2.24) is 0 Å². The number of nitrogens with one attached hydrogen (secondary N) is 1. The molecular weight excluding hydrogens is 480 g/mol. The number of hydrogen-bond donors (Lipinski definition) is 1. The van der Waals surface area contributed by atoms with Crippen LogP contribution in [0.1, 0.15) is 15.9 Å². The van der Waals surface area contributed by atoms with Crippen molar-refractivity contribution in [1.29, 1.82) is 5.26 Å². The summed E-state index contributed by atoms with van der Waals surface area (Å²) in [5.74, 6) is -1.33. The number of halogens is 1. The van der Waals surface area contributed by atoms with Crippen LogP contribution in [-0.4, -0.2) is 27.4 Å². The standard InChI is InChI=1S/C24H17ClN2O6S/c1-32-24(29)16-6-10-20(11-7-16)27-23(28)18(15-26)14-17-4-2-3-5-22(17)33-34(30,31)21-12-8-19(25)9-13-21/h2-14H,1H3,(H,27,28)/b18-14+. The maximum absolute atomic E-state index is 12.6. The van der Waals surface area contributed by atoms with Crippen molar-refractivity contribution < 1.29 is 26.9 Å². The van der Waals surface area contributed by atoms with Crippen molar-refractivity contribution in [2.45, 2.75) is 4.90 Å². The van der Waals surface area contributed by atoms with Crippen LogP contribution in [0.15, 0.2) is 83.3 Å². The Labute approximate surface area is 201 Å². The molecule has 0 spiro atoms. The third-order valence-corrected chi connectivity index (χ3v) is 5.95. The van der Waals surface area contributed by atoms with Gasteiger partial charge in [0.1, 0.15) is 22.3 Å². The van der Waals surface area contributed by atoms with E-state index in [2.05, 4.69) is 10.1 Å². The molecule has 0 atom stereocenters. The highest BCUT2D eigenvalue weighted by atomic mass is 35.5. The van der Waals surface area contributed by atoms with Gasteiger partial charge in [-0.1, -0.05) is 29.8 Å². The van der Waals surface area contributed by atoms with Crippen LogP contribution in [0.4, 0.5) is 5.69 Å². The third-order valence-electron chi connectivity index (χ3n) is 4.45. The molecule has 3 aromatic carbocycles. The monoisotopic (exact) mass is 496 g/mol. The normalized spacial score (nSPS) is 11.3. The lowest BCUT2D eigenvalue weighted by atomic mass is 10.1. The number of nitriles is 1. The molecule has 0 aliphatic carbocycles. The van der Waals surface area contributed by atoms with E-state index in [-0.39, 0.29) is 21.8 Å². The van der Waals surface area contributed by atoms with Crippen molar-refractivity contribution in [3.63, 3.8) is 0 Å². The van der Waals surface area contributed by atoms with Crippen LogP contribution >= 0.6 is 11.6 Å². The SMILES string of the molecule is COC(=O)c1ccc(NC(=O)/C(C#N)=C/c2ccccc2OS(=O)(=O)c2ccc(Cl)cc2)cc1. The molecule has 3 rings (SSSR count). The Bertz CT molecular complexity index is 1390. The zero-order valence-corrected chi connectivity index (χ0v) is 19.3. The topological polar surface area (TPSA) is 123 Å². The smallest absolute Gasteiger partial charge is 0.339 e. The number of carbonyl (C=O) groups excluding carboxylic acids is 2. The van der Waals surface area contributed by atoms with E-state index in [1.165, 1.54) is 73.8 Å². The Balaban J connectivity index is 1.84. The van der Waals surface area contributed by atoms with Gasteiger partial charge in [-0.25, -0.2) is 4.79 Å². The van der Waals surface area contributed by atoms with Crippen molar-refractivity contribution in [2.24, 2.45) is 0 Å². The Morgan fingerprint density at radius 3 is 2.26 bits per heavy atom. The van der Waals surface area contributed by atoms with Gasteiger partial charge in [0.25, 0.3) is 5.91 Å². The lowest BCUT2D eigenvalue weighted by molar-refractivity contribution is -0.112. The summed E-state index contributed by atoms with van der Waals surface area (Å²) < 4.78 is 35.1. The molecule has 0 saturated heterocycles. The summed E-state index contributed by atoms with van der Waals surface area (Å²) in [5, 5.41) is 12.4. The van der Waals surface area contributed by atoms with Crippen molar-refractivity contribution >= 4 is 45.4 Å². The van der Waals surface area contributed by atoms with Crippen LogP contribution in [0.2, 0.25) is 5.02 Å². The Morgan fingerprint density at radius 2 is 1.65 bits per heavy atom. The molecule has 34 heavy (non-hydrogen) atoms. The molecule has 1 amide bonds. The summed E-state index contributed by atoms with van der Waals surface area (Å²) in [6.45, 7) is 0. The van der Waals surface area contributed by atoms with E-state index >= 15 is 0 Å². The number of benzene rings is 3. The van der Waals surface area contributed by atoms with Crippen molar-refractivity contribution in [3.05, 3.63) is 94.5 Å². The molecule has 3 aromatic rings. The summed E-state index contributed by atoms with van der Waals surface area (Å²) in [6, 6.07) is 19.2. The van der Waals surface area contributed by atoms with E-state index in [0.29, 0.717) is 16.3 Å². The molecule has 0 bridgehead atoms. The summed E-state index contributed by atoms with van der Waals surface area (Å²) in [7, 11) is -2.93. The average molecular weight is 497 g/mol. The molecular formula is C24H17ClN2O6S.